The average Bonchev–Trinajstić information content (AvgIpc) is 2.89. The van der Waals surface area contributed by atoms with Crippen molar-refractivity contribution in [1.29, 1.82) is 0 Å². The summed E-state index contributed by atoms with van der Waals surface area (Å²) in [6.45, 7) is 0. The molecule has 0 saturated carbocycles. The van der Waals surface area contributed by atoms with Crippen LogP contribution >= 0.6 is 23.5 Å². The van der Waals surface area contributed by atoms with Crippen molar-refractivity contribution in [2.75, 3.05) is 4.90 Å². The molecule has 3 heteroatoms. The molecule has 0 aliphatic carbocycles. The quantitative estimate of drug-likeness (QED) is 0.258. The van der Waals surface area contributed by atoms with Crippen LogP contribution in [0, 0.1) is 0 Å². The van der Waals surface area contributed by atoms with E-state index in [1.807, 2.05) is 23.5 Å². The van der Waals surface area contributed by atoms with Gasteiger partial charge in [-0.15, -0.1) is 0 Å². The molecule has 1 heterocycles. The van der Waals surface area contributed by atoms with E-state index in [9.17, 15) is 0 Å². The molecule has 6 rings (SSSR count). The van der Waals surface area contributed by atoms with E-state index in [4.69, 9.17) is 0 Å². The van der Waals surface area contributed by atoms with Crippen LogP contribution in [0.2, 0.25) is 0 Å². The third-order valence-electron chi connectivity index (χ3n) is 5.73. The topological polar surface area (TPSA) is 3.24 Å². The van der Waals surface area contributed by atoms with Gasteiger partial charge in [0.1, 0.15) is 0 Å². The lowest BCUT2D eigenvalue weighted by Crippen LogP contribution is -2.09. The molecule has 0 unspecified atom stereocenters. The fourth-order valence-corrected chi connectivity index (χ4v) is 6.57. The van der Waals surface area contributed by atoms with E-state index in [1.54, 1.807) is 0 Å². The molecule has 1 nitrogen and oxygen atoms in total. The highest BCUT2D eigenvalue weighted by molar-refractivity contribution is 8.05. The van der Waals surface area contributed by atoms with Crippen molar-refractivity contribution in [3.63, 3.8) is 0 Å². The van der Waals surface area contributed by atoms with Crippen LogP contribution in [0.25, 0.3) is 11.1 Å². The van der Waals surface area contributed by atoms with Crippen LogP contribution in [0.3, 0.4) is 0 Å². The zero-order valence-electron chi connectivity index (χ0n) is 17.9. The van der Waals surface area contributed by atoms with E-state index in [-0.39, 0.29) is 0 Å². The zero-order valence-corrected chi connectivity index (χ0v) is 19.5. The van der Waals surface area contributed by atoms with Gasteiger partial charge in [0.05, 0.1) is 0 Å². The molecular formula is C30H21NS2. The normalized spacial score (nSPS) is 12.0. The summed E-state index contributed by atoms with van der Waals surface area (Å²) in [4.78, 5) is 7.64. The fraction of sp³-hybridized carbons (Fsp3) is 0. The molecule has 0 N–H and O–H groups in total. The van der Waals surface area contributed by atoms with Crippen molar-refractivity contribution in [3.8, 4) is 11.1 Å². The smallest absolute Gasteiger partial charge is 0.0462 e. The predicted molar refractivity (Wildman–Crippen MR) is 141 cm³/mol. The van der Waals surface area contributed by atoms with Crippen LogP contribution in [0.4, 0.5) is 17.1 Å². The number of hydrogen-bond donors (Lipinski definition) is 0. The van der Waals surface area contributed by atoms with Crippen molar-refractivity contribution < 1.29 is 0 Å². The zero-order chi connectivity index (χ0) is 22.0. The summed E-state index contributed by atoms with van der Waals surface area (Å²) in [6, 6.07) is 45.3. The van der Waals surface area contributed by atoms with Gasteiger partial charge >= 0.3 is 0 Å². The van der Waals surface area contributed by atoms with Crippen molar-refractivity contribution >= 4 is 40.6 Å². The maximum Gasteiger partial charge on any atom is 0.0462 e. The minimum atomic E-state index is 1.15. The van der Waals surface area contributed by atoms with Gasteiger partial charge in [-0.1, -0.05) is 96.3 Å². The number of nitrogens with zero attached hydrogens (tertiary/aromatic N) is 1. The van der Waals surface area contributed by atoms with Gasteiger partial charge in [0.25, 0.3) is 0 Å². The predicted octanol–water partition coefficient (Wildman–Crippen LogP) is 9.44. The third-order valence-corrected chi connectivity index (χ3v) is 8.34. The van der Waals surface area contributed by atoms with Gasteiger partial charge in [0.2, 0.25) is 0 Å². The highest BCUT2D eigenvalue weighted by Gasteiger charge is 2.20. The Bertz CT molecular complexity index is 1360. The minimum absolute atomic E-state index is 1.15. The lowest BCUT2D eigenvalue weighted by molar-refractivity contribution is 1.16. The van der Waals surface area contributed by atoms with E-state index >= 15 is 0 Å². The van der Waals surface area contributed by atoms with Crippen LogP contribution in [-0.2, 0) is 0 Å². The van der Waals surface area contributed by atoms with Crippen molar-refractivity contribution in [3.05, 3.63) is 127 Å². The SMILES string of the molecule is c1ccc(N(c2ccccc2)c2ccc(-c3cccc4c3Sc3ccccc3S4)cc2)cc1. The van der Waals surface area contributed by atoms with Crippen molar-refractivity contribution in [2.24, 2.45) is 0 Å². The van der Waals surface area contributed by atoms with Crippen LogP contribution in [-0.4, -0.2) is 0 Å². The van der Waals surface area contributed by atoms with Crippen LogP contribution in [0.5, 0.6) is 0 Å². The molecule has 0 atom stereocenters. The first-order chi connectivity index (χ1) is 16.4. The Morgan fingerprint density at radius 1 is 0.394 bits per heavy atom. The molecule has 0 fully saturated rings. The molecule has 0 aromatic heterocycles. The second-order valence-electron chi connectivity index (χ2n) is 7.84. The maximum absolute atomic E-state index is 2.30. The Morgan fingerprint density at radius 3 is 1.55 bits per heavy atom. The summed E-state index contributed by atoms with van der Waals surface area (Å²) in [6.07, 6.45) is 0. The summed E-state index contributed by atoms with van der Waals surface area (Å²) >= 11 is 3.74. The molecule has 5 aromatic rings. The monoisotopic (exact) mass is 459 g/mol. The first-order valence-corrected chi connectivity index (χ1v) is 12.6. The largest absolute Gasteiger partial charge is 0.311 e. The summed E-state index contributed by atoms with van der Waals surface area (Å²) in [7, 11) is 0. The fourth-order valence-electron chi connectivity index (χ4n) is 4.17. The third kappa shape index (κ3) is 3.95. The lowest BCUT2D eigenvalue weighted by Gasteiger charge is -2.26. The summed E-state index contributed by atoms with van der Waals surface area (Å²) in [5.41, 5.74) is 5.98. The summed E-state index contributed by atoms with van der Waals surface area (Å²) < 4.78 is 0. The first-order valence-electron chi connectivity index (χ1n) is 11.0. The number of benzene rings is 5. The van der Waals surface area contributed by atoms with E-state index in [1.165, 1.54) is 30.7 Å². The first kappa shape index (κ1) is 20.2. The molecule has 158 valence electrons. The molecule has 1 aliphatic rings. The Balaban J connectivity index is 1.39. The van der Waals surface area contributed by atoms with Gasteiger partial charge < -0.3 is 4.90 Å². The van der Waals surface area contributed by atoms with Crippen LogP contribution in [0.1, 0.15) is 0 Å². The molecular weight excluding hydrogens is 438 g/mol. The van der Waals surface area contributed by atoms with Crippen LogP contribution in [0.15, 0.2) is 147 Å². The molecule has 5 aromatic carbocycles. The van der Waals surface area contributed by atoms with Crippen LogP contribution < -0.4 is 4.90 Å². The maximum atomic E-state index is 2.30. The van der Waals surface area contributed by atoms with E-state index in [0.29, 0.717) is 0 Å². The second-order valence-corrected chi connectivity index (χ2v) is 9.97. The molecule has 33 heavy (non-hydrogen) atoms. The summed E-state index contributed by atoms with van der Waals surface area (Å²) in [5.74, 6) is 0. The average molecular weight is 460 g/mol. The highest BCUT2D eigenvalue weighted by atomic mass is 32.2. The van der Waals surface area contributed by atoms with Crippen molar-refractivity contribution in [1.82, 2.24) is 0 Å². The number of rotatable bonds is 4. The van der Waals surface area contributed by atoms with E-state index in [0.717, 1.165) is 17.1 Å². The number of hydrogen-bond acceptors (Lipinski definition) is 3. The van der Waals surface area contributed by atoms with Gasteiger partial charge in [0.15, 0.2) is 0 Å². The Kier molecular flexibility index (Phi) is 5.43. The van der Waals surface area contributed by atoms with Gasteiger partial charge in [-0.3, -0.25) is 0 Å². The molecule has 1 aliphatic heterocycles. The van der Waals surface area contributed by atoms with Gasteiger partial charge in [-0.05, 0) is 65.7 Å². The summed E-state index contributed by atoms with van der Waals surface area (Å²) in [5, 5.41) is 0. The highest BCUT2D eigenvalue weighted by Crippen LogP contribution is 2.51. The van der Waals surface area contributed by atoms with E-state index in [2.05, 4.69) is 132 Å². The molecule has 0 bridgehead atoms. The number of para-hydroxylation sites is 2. The van der Waals surface area contributed by atoms with Crippen molar-refractivity contribution in [2.45, 2.75) is 19.6 Å². The van der Waals surface area contributed by atoms with Gasteiger partial charge in [0, 0.05) is 36.6 Å². The van der Waals surface area contributed by atoms with E-state index < -0.39 is 0 Å². The lowest BCUT2D eigenvalue weighted by atomic mass is 10.0. The molecule has 0 saturated heterocycles. The second kappa shape index (κ2) is 8.86. The Morgan fingerprint density at radius 2 is 0.909 bits per heavy atom. The number of fused-ring (bicyclic) bond motifs is 2. The minimum Gasteiger partial charge on any atom is -0.311 e. The van der Waals surface area contributed by atoms with Gasteiger partial charge in [-0.25, -0.2) is 0 Å². The standard InChI is InChI=1S/C30H21NS2/c1-3-10-23(11-4-1)31(24-12-5-2-6-13-24)25-20-18-22(19-21-25)26-14-9-17-29-30(26)33-28-16-8-7-15-27(28)32-29/h1-21H. The van der Waals surface area contributed by atoms with Gasteiger partial charge in [-0.2, -0.15) is 0 Å². The molecule has 0 spiro atoms. The Hall–Kier alpha value is -3.40. The molecule has 0 amide bonds. The molecule has 0 radical (unpaired) electrons. The number of anilines is 3. The Labute approximate surface area is 203 Å².